The molecule has 0 aliphatic heterocycles. The van der Waals surface area contributed by atoms with Crippen LogP contribution in [0.3, 0.4) is 0 Å². The summed E-state index contributed by atoms with van der Waals surface area (Å²) in [4.78, 5) is 30.6. The predicted octanol–water partition coefficient (Wildman–Crippen LogP) is 3.71. The van der Waals surface area contributed by atoms with Gasteiger partial charge in [-0.1, -0.05) is 46.7 Å². The second-order valence-electron chi connectivity index (χ2n) is 6.74. The first-order chi connectivity index (χ1) is 15.5. The van der Waals surface area contributed by atoms with Crippen LogP contribution >= 0.6 is 0 Å². The average molecular weight is 473 g/mol. The van der Waals surface area contributed by atoms with Gasteiger partial charge in [-0.05, 0) is 25.7 Å². The number of hydrogen-bond donors (Lipinski definition) is 2. The van der Waals surface area contributed by atoms with E-state index in [0.29, 0.717) is 19.1 Å². The van der Waals surface area contributed by atoms with Crippen molar-refractivity contribution in [2.75, 3.05) is 20.3 Å². The van der Waals surface area contributed by atoms with E-state index in [-0.39, 0.29) is 17.6 Å². The summed E-state index contributed by atoms with van der Waals surface area (Å²) in [5.41, 5.74) is 0.767. The number of carbonyl (C=O) groups excluding carboxylic acids is 3. The fourth-order valence-corrected chi connectivity index (χ4v) is 1.17. The van der Waals surface area contributed by atoms with Crippen molar-refractivity contribution in [1.29, 1.82) is 0 Å². The zero-order valence-corrected chi connectivity index (χ0v) is 21.2. The largest absolute Gasteiger partial charge is 0.460 e. The van der Waals surface area contributed by atoms with Crippen molar-refractivity contribution < 1.29 is 38.7 Å². The minimum absolute atomic E-state index is 0.172. The molecule has 10 nitrogen and oxygen atoms in total. The van der Waals surface area contributed by atoms with E-state index in [1.165, 1.54) is 6.21 Å². The summed E-state index contributed by atoms with van der Waals surface area (Å²) in [5, 5.41) is 21.4. The Morgan fingerprint density at radius 1 is 1.12 bits per heavy atom. The summed E-state index contributed by atoms with van der Waals surface area (Å²) in [6.45, 7) is 15.7. The van der Waals surface area contributed by atoms with Crippen molar-refractivity contribution >= 4 is 24.4 Å². The molecule has 0 saturated carbocycles. The monoisotopic (exact) mass is 472 g/mol. The number of aromatic nitrogens is 1. The van der Waals surface area contributed by atoms with Crippen molar-refractivity contribution in [2.45, 2.75) is 61.3 Å². The van der Waals surface area contributed by atoms with E-state index in [0.717, 1.165) is 19.1 Å². The maximum Gasteiger partial charge on any atom is 0.384 e. The van der Waals surface area contributed by atoms with Gasteiger partial charge in [-0.3, -0.25) is 0 Å². The number of rotatable bonds is 6. The molecular weight excluding hydrogens is 432 g/mol. The third kappa shape index (κ3) is 28.8. The number of aliphatic hydroxyl groups is 1. The second-order valence-corrected chi connectivity index (χ2v) is 6.74. The highest BCUT2D eigenvalue weighted by Gasteiger charge is 2.14. The average Bonchev–Trinajstić information content (AvgIpc) is 3.27. The Bertz CT molecular complexity index is 674. The molecule has 0 aliphatic carbocycles. The van der Waals surface area contributed by atoms with Crippen LogP contribution in [-0.2, 0) is 19.1 Å². The molecule has 0 aliphatic rings. The lowest BCUT2D eigenvalue weighted by Gasteiger charge is -1.95. The fraction of sp³-hybridized carbons (Fsp3) is 0.609. The van der Waals surface area contributed by atoms with Crippen molar-refractivity contribution in [3.63, 3.8) is 0 Å². The molecular formula is C23H40N2O8. The van der Waals surface area contributed by atoms with E-state index in [1.807, 2.05) is 41.5 Å². The second kappa shape index (κ2) is 26.8. The lowest BCUT2D eigenvalue weighted by molar-refractivity contribution is -0.136. The van der Waals surface area contributed by atoms with E-state index in [2.05, 4.69) is 21.5 Å². The van der Waals surface area contributed by atoms with Gasteiger partial charge in [0.2, 0.25) is 5.76 Å². The van der Waals surface area contributed by atoms with Crippen LogP contribution in [0, 0.1) is 24.2 Å². The molecule has 0 fully saturated rings. The number of hydrogen-bond acceptors (Lipinski definition) is 10. The Labute approximate surface area is 197 Å². The summed E-state index contributed by atoms with van der Waals surface area (Å²) in [6.07, 6.45) is 7.02. The maximum atomic E-state index is 11.1. The quantitative estimate of drug-likeness (QED) is 0.120. The zero-order valence-electron chi connectivity index (χ0n) is 21.2. The molecule has 0 radical (unpaired) electrons. The van der Waals surface area contributed by atoms with E-state index < -0.39 is 11.9 Å². The highest BCUT2D eigenvalue weighted by atomic mass is 16.6. The molecule has 0 bridgehead atoms. The first kappa shape index (κ1) is 37.1. The van der Waals surface area contributed by atoms with Crippen LogP contribution in [0.5, 0.6) is 0 Å². The first-order valence-corrected chi connectivity index (χ1v) is 10.3. The van der Waals surface area contributed by atoms with Crippen LogP contribution in [-0.4, -0.2) is 60.2 Å². The van der Waals surface area contributed by atoms with E-state index in [9.17, 15) is 14.4 Å². The number of terminal acetylenes is 1. The predicted molar refractivity (Wildman–Crippen MR) is 126 cm³/mol. The van der Waals surface area contributed by atoms with Crippen molar-refractivity contribution in [3.05, 3.63) is 17.5 Å². The summed E-state index contributed by atoms with van der Waals surface area (Å²) >= 11 is 0. The minimum Gasteiger partial charge on any atom is -0.460 e. The van der Waals surface area contributed by atoms with Crippen LogP contribution in [0.15, 0.2) is 15.7 Å². The van der Waals surface area contributed by atoms with Crippen molar-refractivity contribution in [2.24, 2.45) is 17.0 Å². The molecule has 0 unspecified atom stereocenters. The van der Waals surface area contributed by atoms with Crippen LogP contribution in [0.4, 0.5) is 0 Å². The van der Waals surface area contributed by atoms with Gasteiger partial charge in [-0.15, -0.1) is 11.6 Å². The molecule has 2 N–H and O–H groups in total. The molecule has 0 saturated heterocycles. The number of aldehydes is 1. The Morgan fingerprint density at radius 2 is 1.61 bits per heavy atom. The summed E-state index contributed by atoms with van der Waals surface area (Å²) in [5.74, 6) is 1.74. The molecule has 0 aromatic carbocycles. The molecule has 1 heterocycles. The number of esters is 2. The highest BCUT2D eigenvalue weighted by Crippen LogP contribution is 2.14. The summed E-state index contributed by atoms with van der Waals surface area (Å²) < 4.78 is 13.9. The molecule has 10 heteroatoms. The van der Waals surface area contributed by atoms with Gasteiger partial charge in [0.25, 0.3) is 0 Å². The first-order valence-electron chi connectivity index (χ1n) is 10.3. The van der Waals surface area contributed by atoms with Crippen LogP contribution in [0.1, 0.15) is 77.6 Å². The molecule has 190 valence electrons. The van der Waals surface area contributed by atoms with Gasteiger partial charge in [0, 0.05) is 31.2 Å². The van der Waals surface area contributed by atoms with Gasteiger partial charge in [0.05, 0.1) is 18.9 Å². The molecule has 0 amide bonds. The summed E-state index contributed by atoms with van der Waals surface area (Å²) in [7, 11) is 1.00. The molecule has 1 rings (SSSR count). The Kier molecular flexibility index (Phi) is 30.2. The number of ether oxygens (including phenoxy) is 2. The SMILES string of the molecule is C#CC(=O)OCC.CC(C)C=NO.CC(C)C=O.CCOC(=O)c1cc(C(C)C)no1.CO. The highest BCUT2D eigenvalue weighted by molar-refractivity contribution is 5.87. The Balaban J connectivity index is -0.000000180. The van der Waals surface area contributed by atoms with E-state index in [4.69, 9.17) is 19.6 Å². The minimum atomic E-state index is -0.595. The van der Waals surface area contributed by atoms with E-state index in [1.54, 1.807) is 25.8 Å². The number of oxime groups is 1. The molecule has 1 aromatic heterocycles. The number of carbonyl (C=O) groups is 3. The van der Waals surface area contributed by atoms with Crippen molar-refractivity contribution in [1.82, 2.24) is 5.16 Å². The molecule has 33 heavy (non-hydrogen) atoms. The molecule has 0 atom stereocenters. The Hall–Kier alpha value is -3.19. The third-order valence-corrected chi connectivity index (χ3v) is 2.63. The van der Waals surface area contributed by atoms with Crippen LogP contribution in [0.25, 0.3) is 0 Å². The number of nitrogens with zero attached hydrogens (tertiary/aromatic N) is 2. The van der Waals surface area contributed by atoms with E-state index >= 15 is 0 Å². The normalized spacial score (nSPS) is 9.09. The summed E-state index contributed by atoms with van der Waals surface area (Å²) in [6, 6.07) is 1.61. The fourth-order valence-electron chi connectivity index (χ4n) is 1.17. The van der Waals surface area contributed by atoms with Crippen LogP contribution < -0.4 is 0 Å². The maximum absolute atomic E-state index is 11.1. The van der Waals surface area contributed by atoms with Gasteiger partial charge >= 0.3 is 11.9 Å². The lowest BCUT2D eigenvalue weighted by atomic mass is 10.1. The van der Waals surface area contributed by atoms with Gasteiger partial charge in [0.15, 0.2) is 0 Å². The van der Waals surface area contributed by atoms with Crippen LogP contribution in [0.2, 0.25) is 0 Å². The third-order valence-electron chi connectivity index (χ3n) is 2.63. The van der Waals surface area contributed by atoms with Crippen molar-refractivity contribution in [3.8, 4) is 12.3 Å². The zero-order chi connectivity index (χ0) is 26.8. The van der Waals surface area contributed by atoms with Gasteiger partial charge in [-0.25, -0.2) is 9.59 Å². The Morgan fingerprint density at radius 3 is 1.82 bits per heavy atom. The molecule has 1 aromatic rings. The standard InChI is InChI=1S/C9H13NO3.C5H6O2.C4H9NO.C4H8O.CH4O/c1-4-12-9(11)8-5-7(6(2)3)10-13-8;1-3-5(6)7-4-2;1-4(2)3-5-6;1-4(2)3-5;1-2/h5-6H,4H2,1-3H3;1H,4H2,2H3;3-4,6H,1-2H3;3-4H,1-2H3;2H,1H3. The smallest absolute Gasteiger partial charge is 0.384 e. The molecule has 0 spiro atoms. The number of aliphatic hydroxyl groups excluding tert-OH is 1. The lowest BCUT2D eigenvalue weighted by Crippen LogP contribution is -2.02. The topological polar surface area (TPSA) is 149 Å². The van der Waals surface area contributed by atoms with Gasteiger partial charge in [-0.2, -0.15) is 0 Å². The van der Waals surface area contributed by atoms with Gasteiger partial charge < -0.3 is 29.1 Å². The van der Waals surface area contributed by atoms with Gasteiger partial charge in [0.1, 0.15) is 6.29 Å².